The molecule has 0 aliphatic carbocycles. The van der Waals surface area contributed by atoms with Crippen molar-refractivity contribution in [3.8, 4) is 11.4 Å². The average molecular weight is 216 g/mol. The van der Waals surface area contributed by atoms with Gasteiger partial charge in [0.1, 0.15) is 5.82 Å². The highest BCUT2D eigenvalue weighted by Gasteiger charge is 2.06. The van der Waals surface area contributed by atoms with Gasteiger partial charge in [0.15, 0.2) is 0 Å². The minimum atomic E-state index is -0.484. The SMILES string of the molecule is Cc1ccc(-c2nc(N)nc(=O)[nH]2)c(C)c1. The summed E-state index contributed by atoms with van der Waals surface area (Å²) in [5, 5.41) is 0. The monoisotopic (exact) mass is 216 g/mol. The second-order valence-electron chi connectivity index (χ2n) is 3.68. The molecule has 0 spiro atoms. The maximum atomic E-state index is 11.2. The van der Waals surface area contributed by atoms with Crippen molar-refractivity contribution in [1.29, 1.82) is 0 Å². The zero-order valence-corrected chi connectivity index (χ0v) is 9.11. The summed E-state index contributed by atoms with van der Waals surface area (Å²) in [6.07, 6.45) is 0. The molecule has 5 heteroatoms. The number of hydrogen-bond donors (Lipinski definition) is 2. The Hall–Kier alpha value is -2.17. The lowest BCUT2D eigenvalue weighted by atomic mass is 10.1. The van der Waals surface area contributed by atoms with E-state index >= 15 is 0 Å². The van der Waals surface area contributed by atoms with E-state index in [2.05, 4.69) is 15.0 Å². The van der Waals surface area contributed by atoms with E-state index in [-0.39, 0.29) is 5.95 Å². The molecule has 0 bridgehead atoms. The van der Waals surface area contributed by atoms with Crippen molar-refractivity contribution in [2.75, 3.05) is 5.73 Å². The Bertz CT molecular complexity index is 589. The molecule has 0 saturated carbocycles. The van der Waals surface area contributed by atoms with Gasteiger partial charge in [-0.2, -0.15) is 9.97 Å². The first-order valence-electron chi connectivity index (χ1n) is 4.88. The van der Waals surface area contributed by atoms with Crippen LogP contribution in [0.3, 0.4) is 0 Å². The highest BCUT2D eigenvalue weighted by molar-refractivity contribution is 5.60. The minimum Gasteiger partial charge on any atom is -0.368 e. The first-order chi connectivity index (χ1) is 7.56. The molecule has 1 heterocycles. The quantitative estimate of drug-likeness (QED) is 0.745. The molecule has 16 heavy (non-hydrogen) atoms. The molecule has 82 valence electrons. The van der Waals surface area contributed by atoms with E-state index < -0.39 is 5.69 Å². The smallest absolute Gasteiger partial charge is 0.349 e. The van der Waals surface area contributed by atoms with E-state index in [1.54, 1.807) is 0 Å². The minimum absolute atomic E-state index is 0.0151. The average Bonchev–Trinajstić information content (AvgIpc) is 2.15. The fourth-order valence-electron chi connectivity index (χ4n) is 1.61. The summed E-state index contributed by atoms with van der Waals surface area (Å²) in [5.41, 5.74) is 8.00. The maximum Gasteiger partial charge on any atom is 0.349 e. The molecule has 0 fully saturated rings. The Labute approximate surface area is 92.4 Å². The van der Waals surface area contributed by atoms with Crippen LogP contribution in [0.25, 0.3) is 11.4 Å². The number of rotatable bonds is 1. The van der Waals surface area contributed by atoms with Crippen LogP contribution in [0.15, 0.2) is 23.0 Å². The Morgan fingerprint density at radius 3 is 2.62 bits per heavy atom. The number of aromatic amines is 1. The van der Waals surface area contributed by atoms with Crippen molar-refractivity contribution in [1.82, 2.24) is 15.0 Å². The Morgan fingerprint density at radius 1 is 1.25 bits per heavy atom. The van der Waals surface area contributed by atoms with Crippen LogP contribution in [0.1, 0.15) is 11.1 Å². The number of H-pyrrole nitrogens is 1. The van der Waals surface area contributed by atoms with Gasteiger partial charge in [-0.25, -0.2) is 4.79 Å². The van der Waals surface area contributed by atoms with Gasteiger partial charge in [0, 0.05) is 5.56 Å². The van der Waals surface area contributed by atoms with Crippen LogP contribution in [-0.2, 0) is 0 Å². The second kappa shape index (κ2) is 3.77. The number of nitrogens with zero attached hydrogens (tertiary/aromatic N) is 2. The fraction of sp³-hybridized carbons (Fsp3) is 0.182. The van der Waals surface area contributed by atoms with Gasteiger partial charge in [0.05, 0.1) is 0 Å². The normalized spacial score (nSPS) is 10.4. The lowest BCUT2D eigenvalue weighted by Gasteiger charge is -2.05. The molecule has 0 radical (unpaired) electrons. The molecule has 0 aliphatic rings. The van der Waals surface area contributed by atoms with Crippen LogP contribution >= 0.6 is 0 Å². The number of anilines is 1. The van der Waals surface area contributed by atoms with E-state index in [0.29, 0.717) is 5.82 Å². The van der Waals surface area contributed by atoms with Gasteiger partial charge in [0.2, 0.25) is 5.95 Å². The van der Waals surface area contributed by atoms with Crippen molar-refractivity contribution in [2.24, 2.45) is 0 Å². The molecular formula is C11H12N4O. The van der Waals surface area contributed by atoms with Crippen LogP contribution in [0, 0.1) is 13.8 Å². The van der Waals surface area contributed by atoms with E-state index in [1.807, 2.05) is 32.0 Å². The Balaban J connectivity index is 2.63. The third-order valence-electron chi connectivity index (χ3n) is 2.30. The summed E-state index contributed by atoms with van der Waals surface area (Å²) >= 11 is 0. The number of hydrogen-bond acceptors (Lipinski definition) is 4. The first-order valence-corrected chi connectivity index (χ1v) is 4.88. The molecule has 0 atom stereocenters. The molecule has 0 aliphatic heterocycles. The summed E-state index contributed by atoms with van der Waals surface area (Å²) < 4.78 is 0. The van der Waals surface area contributed by atoms with Gasteiger partial charge in [-0.1, -0.05) is 23.8 Å². The van der Waals surface area contributed by atoms with Gasteiger partial charge < -0.3 is 5.73 Å². The standard InChI is InChI=1S/C11H12N4O/c1-6-3-4-8(7(2)5-6)9-13-10(12)15-11(16)14-9/h3-5H,1-2H3,(H3,12,13,14,15,16). The zero-order chi connectivity index (χ0) is 11.7. The summed E-state index contributed by atoms with van der Waals surface area (Å²) in [4.78, 5) is 21.2. The molecular weight excluding hydrogens is 204 g/mol. The summed E-state index contributed by atoms with van der Waals surface area (Å²) in [6.45, 7) is 3.97. The third kappa shape index (κ3) is 1.93. The summed E-state index contributed by atoms with van der Waals surface area (Å²) in [6, 6.07) is 5.88. The van der Waals surface area contributed by atoms with Gasteiger partial charge >= 0.3 is 5.69 Å². The van der Waals surface area contributed by atoms with Crippen molar-refractivity contribution < 1.29 is 0 Å². The molecule has 1 aromatic carbocycles. The number of nitrogens with one attached hydrogen (secondary N) is 1. The topological polar surface area (TPSA) is 84.7 Å². The molecule has 2 aromatic rings. The molecule has 3 N–H and O–H groups in total. The molecule has 2 rings (SSSR count). The van der Waals surface area contributed by atoms with Crippen LogP contribution in [0.5, 0.6) is 0 Å². The lowest BCUT2D eigenvalue weighted by Crippen LogP contribution is -2.15. The molecule has 0 unspecified atom stereocenters. The van der Waals surface area contributed by atoms with Crippen LogP contribution < -0.4 is 11.4 Å². The van der Waals surface area contributed by atoms with Crippen molar-refractivity contribution >= 4 is 5.95 Å². The van der Waals surface area contributed by atoms with Gasteiger partial charge in [0.25, 0.3) is 0 Å². The van der Waals surface area contributed by atoms with E-state index in [9.17, 15) is 4.79 Å². The maximum absolute atomic E-state index is 11.2. The third-order valence-corrected chi connectivity index (χ3v) is 2.30. The highest BCUT2D eigenvalue weighted by atomic mass is 16.1. The number of nitrogen functional groups attached to an aromatic ring is 1. The van der Waals surface area contributed by atoms with Crippen molar-refractivity contribution in [3.63, 3.8) is 0 Å². The van der Waals surface area contributed by atoms with Gasteiger partial charge in [-0.05, 0) is 19.4 Å². The highest BCUT2D eigenvalue weighted by Crippen LogP contribution is 2.19. The number of nitrogens with two attached hydrogens (primary N) is 1. The summed E-state index contributed by atoms with van der Waals surface area (Å²) in [7, 11) is 0. The van der Waals surface area contributed by atoms with Crippen LogP contribution in [0.4, 0.5) is 5.95 Å². The van der Waals surface area contributed by atoms with E-state index in [1.165, 1.54) is 0 Å². The molecule has 5 nitrogen and oxygen atoms in total. The molecule has 0 amide bonds. The van der Waals surface area contributed by atoms with E-state index in [0.717, 1.165) is 16.7 Å². The first kappa shape index (κ1) is 10.4. The molecule has 1 aromatic heterocycles. The van der Waals surface area contributed by atoms with Gasteiger partial charge in [-0.3, -0.25) is 4.98 Å². The Kier molecular flexibility index (Phi) is 2.44. The predicted octanol–water partition coefficient (Wildman–Crippen LogP) is 1.03. The van der Waals surface area contributed by atoms with Crippen LogP contribution in [0.2, 0.25) is 0 Å². The van der Waals surface area contributed by atoms with Crippen LogP contribution in [-0.4, -0.2) is 15.0 Å². The zero-order valence-electron chi connectivity index (χ0n) is 9.11. The van der Waals surface area contributed by atoms with E-state index in [4.69, 9.17) is 5.73 Å². The van der Waals surface area contributed by atoms with Crippen molar-refractivity contribution in [2.45, 2.75) is 13.8 Å². The summed E-state index contributed by atoms with van der Waals surface area (Å²) in [5.74, 6) is 0.439. The number of aryl methyl sites for hydroxylation is 2. The van der Waals surface area contributed by atoms with Crippen molar-refractivity contribution in [3.05, 3.63) is 39.8 Å². The predicted molar refractivity (Wildman–Crippen MR) is 62.0 cm³/mol. The largest absolute Gasteiger partial charge is 0.368 e. The Morgan fingerprint density at radius 2 is 2.00 bits per heavy atom. The fourth-order valence-corrected chi connectivity index (χ4v) is 1.61. The number of aromatic nitrogens is 3. The number of benzene rings is 1. The van der Waals surface area contributed by atoms with Gasteiger partial charge in [-0.15, -0.1) is 0 Å². The molecule has 0 saturated heterocycles. The second-order valence-corrected chi connectivity index (χ2v) is 3.68. The lowest BCUT2D eigenvalue weighted by molar-refractivity contribution is 1.01.